The zero-order valence-electron chi connectivity index (χ0n) is 9.35. The van der Waals surface area contributed by atoms with E-state index in [9.17, 15) is 9.90 Å². The highest BCUT2D eigenvalue weighted by molar-refractivity contribution is 6.37. The summed E-state index contributed by atoms with van der Waals surface area (Å²) < 4.78 is 5.24. The molecular weight excluding hydrogens is 279 g/mol. The third-order valence-electron chi connectivity index (χ3n) is 2.86. The van der Waals surface area contributed by atoms with Gasteiger partial charge in [0.2, 0.25) is 10.8 Å². The molecule has 98 valence electrons. The summed E-state index contributed by atoms with van der Waals surface area (Å²) in [5.41, 5.74) is 0.347. The van der Waals surface area contributed by atoms with Crippen molar-refractivity contribution in [2.75, 3.05) is 6.61 Å². The van der Waals surface area contributed by atoms with Crippen LogP contribution in [0.25, 0.3) is 0 Å². The van der Waals surface area contributed by atoms with Crippen LogP contribution in [-0.4, -0.2) is 39.9 Å². The molecule has 0 spiro atoms. The molecule has 0 saturated carbocycles. The van der Waals surface area contributed by atoms with E-state index >= 15 is 0 Å². The van der Waals surface area contributed by atoms with Gasteiger partial charge in [-0.3, -0.25) is 4.79 Å². The number of ether oxygens (including phenoxy) is 1. The van der Waals surface area contributed by atoms with Crippen LogP contribution in [0.2, 0.25) is 5.02 Å². The summed E-state index contributed by atoms with van der Waals surface area (Å²) in [6.45, 7) is -0.385. The van der Waals surface area contributed by atoms with E-state index in [0.29, 0.717) is 10.6 Å². The molecular formula is C12H12Cl2O4. The van der Waals surface area contributed by atoms with Gasteiger partial charge in [0.25, 0.3) is 0 Å². The first-order valence-corrected chi connectivity index (χ1v) is 6.18. The van der Waals surface area contributed by atoms with Gasteiger partial charge < -0.3 is 14.9 Å². The molecule has 1 heterocycles. The molecule has 1 fully saturated rings. The molecule has 0 amide bonds. The summed E-state index contributed by atoms with van der Waals surface area (Å²) in [6.07, 6.45) is -1.84. The molecule has 0 unspecified atom stereocenters. The minimum absolute atomic E-state index is 0.0543. The summed E-state index contributed by atoms with van der Waals surface area (Å²) in [4.78, 5) is 12.2. The number of carbonyl (C=O) groups is 1. The zero-order valence-corrected chi connectivity index (χ0v) is 10.9. The fourth-order valence-corrected chi connectivity index (χ4v) is 2.40. The molecule has 3 atom stereocenters. The Morgan fingerprint density at radius 3 is 2.56 bits per heavy atom. The quantitative estimate of drug-likeness (QED) is 0.655. The minimum atomic E-state index is -1.62. The van der Waals surface area contributed by atoms with Crippen molar-refractivity contribution in [1.82, 2.24) is 0 Å². The minimum Gasteiger partial charge on any atom is -0.394 e. The molecule has 6 heteroatoms. The molecule has 2 N–H and O–H groups in total. The highest BCUT2D eigenvalue weighted by Crippen LogP contribution is 2.37. The standard InChI is InChI=1S/C12H12Cl2O4/c13-8-3-1-7(2-4-8)11(17)12(14)5-9(16)10(6-15)18-12/h1-4,9-10,15-16H,5-6H2/t9-,10+,12-/m0/s1. The Morgan fingerprint density at radius 2 is 2.06 bits per heavy atom. The molecule has 1 aromatic rings. The Balaban J connectivity index is 2.21. The Kier molecular flexibility index (Phi) is 3.94. The number of aliphatic hydroxyl groups excluding tert-OH is 2. The van der Waals surface area contributed by atoms with Gasteiger partial charge in [0, 0.05) is 17.0 Å². The molecule has 1 saturated heterocycles. The average Bonchev–Trinajstić information content (AvgIpc) is 2.65. The summed E-state index contributed by atoms with van der Waals surface area (Å²) in [7, 11) is 0. The van der Waals surface area contributed by atoms with E-state index in [1.165, 1.54) is 12.1 Å². The molecule has 0 radical (unpaired) electrons. The lowest BCUT2D eigenvalue weighted by Crippen LogP contribution is -2.33. The van der Waals surface area contributed by atoms with Crippen LogP contribution in [0.3, 0.4) is 0 Å². The van der Waals surface area contributed by atoms with Crippen LogP contribution in [0.4, 0.5) is 0 Å². The first-order chi connectivity index (χ1) is 8.46. The lowest BCUT2D eigenvalue weighted by Gasteiger charge is -2.19. The van der Waals surface area contributed by atoms with E-state index in [2.05, 4.69) is 0 Å². The Morgan fingerprint density at radius 1 is 1.44 bits per heavy atom. The van der Waals surface area contributed by atoms with Crippen molar-refractivity contribution in [1.29, 1.82) is 0 Å². The number of alkyl halides is 1. The van der Waals surface area contributed by atoms with E-state index in [0.717, 1.165) is 0 Å². The molecule has 1 aromatic carbocycles. The van der Waals surface area contributed by atoms with Crippen molar-refractivity contribution >= 4 is 29.0 Å². The molecule has 0 aliphatic carbocycles. The topological polar surface area (TPSA) is 66.8 Å². The van der Waals surface area contributed by atoms with Crippen LogP contribution < -0.4 is 0 Å². The van der Waals surface area contributed by atoms with Gasteiger partial charge in [-0.1, -0.05) is 23.2 Å². The van der Waals surface area contributed by atoms with Crippen LogP contribution in [0, 0.1) is 0 Å². The van der Waals surface area contributed by atoms with Crippen LogP contribution in [0.15, 0.2) is 24.3 Å². The molecule has 2 rings (SSSR count). The number of ketones is 1. The average molecular weight is 291 g/mol. The Labute approximate surface area is 114 Å². The predicted molar refractivity (Wildman–Crippen MR) is 66.9 cm³/mol. The van der Waals surface area contributed by atoms with Gasteiger partial charge in [-0.15, -0.1) is 0 Å². The van der Waals surface area contributed by atoms with Gasteiger partial charge in [0.1, 0.15) is 6.10 Å². The van der Waals surface area contributed by atoms with Crippen molar-refractivity contribution < 1.29 is 19.7 Å². The third kappa shape index (κ3) is 2.53. The van der Waals surface area contributed by atoms with Crippen LogP contribution in [0.1, 0.15) is 16.8 Å². The maximum Gasteiger partial charge on any atom is 0.210 e. The smallest absolute Gasteiger partial charge is 0.210 e. The largest absolute Gasteiger partial charge is 0.394 e. The predicted octanol–water partition coefficient (Wildman–Crippen LogP) is 1.60. The van der Waals surface area contributed by atoms with Gasteiger partial charge in [-0.25, -0.2) is 0 Å². The normalized spacial score (nSPS) is 31.6. The summed E-state index contributed by atoms with van der Waals surface area (Å²) in [5.74, 6) is -0.448. The van der Waals surface area contributed by atoms with Crippen molar-refractivity contribution in [3.05, 3.63) is 34.9 Å². The maximum absolute atomic E-state index is 12.2. The number of carbonyl (C=O) groups excluding carboxylic acids is 1. The summed E-state index contributed by atoms with van der Waals surface area (Å²) >= 11 is 11.8. The highest BCUT2D eigenvalue weighted by Gasteiger charge is 2.49. The van der Waals surface area contributed by atoms with Gasteiger partial charge in [0.15, 0.2) is 0 Å². The van der Waals surface area contributed by atoms with Crippen LogP contribution in [-0.2, 0) is 4.74 Å². The highest BCUT2D eigenvalue weighted by atomic mass is 35.5. The number of halogens is 2. The van der Waals surface area contributed by atoms with E-state index < -0.39 is 23.1 Å². The molecule has 0 bridgehead atoms. The second kappa shape index (κ2) is 5.15. The number of hydrogen-bond donors (Lipinski definition) is 2. The van der Waals surface area contributed by atoms with Gasteiger partial charge in [0.05, 0.1) is 12.7 Å². The second-order valence-corrected chi connectivity index (χ2v) is 5.22. The lowest BCUT2D eigenvalue weighted by atomic mass is 10.0. The van der Waals surface area contributed by atoms with E-state index in [4.69, 9.17) is 33.0 Å². The van der Waals surface area contributed by atoms with E-state index in [1.54, 1.807) is 12.1 Å². The molecule has 4 nitrogen and oxygen atoms in total. The monoisotopic (exact) mass is 290 g/mol. The third-order valence-corrected chi connectivity index (χ3v) is 3.53. The van der Waals surface area contributed by atoms with Gasteiger partial charge in [-0.05, 0) is 24.3 Å². The molecule has 18 heavy (non-hydrogen) atoms. The van der Waals surface area contributed by atoms with Crippen LogP contribution in [0.5, 0.6) is 0 Å². The number of Topliss-reactive ketones (excluding diaryl/α,β-unsaturated/α-hetero) is 1. The van der Waals surface area contributed by atoms with Crippen molar-refractivity contribution in [2.24, 2.45) is 0 Å². The summed E-state index contributed by atoms with van der Waals surface area (Å²) in [6, 6.07) is 6.22. The van der Waals surface area contributed by atoms with Crippen LogP contribution >= 0.6 is 23.2 Å². The van der Waals surface area contributed by atoms with Crippen molar-refractivity contribution in [3.8, 4) is 0 Å². The van der Waals surface area contributed by atoms with Crippen molar-refractivity contribution in [2.45, 2.75) is 23.7 Å². The van der Waals surface area contributed by atoms with Crippen molar-refractivity contribution in [3.63, 3.8) is 0 Å². The molecule has 1 aliphatic heterocycles. The SMILES string of the molecule is O=C(c1ccc(Cl)cc1)[C@]1(Cl)C[C@H](O)[C@@H](CO)O1. The maximum atomic E-state index is 12.2. The lowest BCUT2D eigenvalue weighted by molar-refractivity contribution is -0.0281. The molecule has 1 aliphatic rings. The zero-order chi connectivity index (χ0) is 13.3. The second-order valence-electron chi connectivity index (χ2n) is 4.17. The number of hydrogen-bond acceptors (Lipinski definition) is 4. The Hall–Kier alpha value is -0.650. The van der Waals surface area contributed by atoms with E-state index in [-0.39, 0.29) is 13.0 Å². The van der Waals surface area contributed by atoms with E-state index in [1.807, 2.05) is 0 Å². The summed E-state index contributed by atoms with van der Waals surface area (Å²) in [5, 5.41) is 17.5. The fraction of sp³-hybridized carbons (Fsp3) is 0.417. The van der Waals surface area contributed by atoms with Gasteiger partial charge >= 0.3 is 0 Å². The number of aliphatic hydroxyl groups is 2. The first kappa shape index (κ1) is 13.8. The number of benzene rings is 1. The first-order valence-electron chi connectivity index (χ1n) is 5.42. The molecule has 0 aromatic heterocycles. The fourth-order valence-electron chi connectivity index (χ4n) is 1.89. The Bertz CT molecular complexity index is 448. The number of rotatable bonds is 3. The van der Waals surface area contributed by atoms with Gasteiger partial charge in [-0.2, -0.15) is 0 Å².